The molecule has 0 spiro atoms. The zero-order chi connectivity index (χ0) is 16.4. The van der Waals surface area contributed by atoms with Crippen LogP contribution in [0.25, 0.3) is 0 Å². The minimum absolute atomic E-state index is 0. The van der Waals surface area contributed by atoms with Crippen LogP contribution in [-0.4, -0.2) is 45.4 Å². The summed E-state index contributed by atoms with van der Waals surface area (Å²) >= 11 is 0. The second-order valence-electron chi connectivity index (χ2n) is 5.84. The van der Waals surface area contributed by atoms with Crippen molar-refractivity contribution in [1.29, 1.82) is 0 Å². The van der Waals surface area contributed by atoms with Crippen LogP contribution in [0.2, 0.25) is 0 Å². The molecule has 3 rings (SSSR count). The highest BCUT2D eigenvalue weighted by atomic mass is 35.5. The molecule has 0 aliphatic carbocycles. The first-order valence-corrected chi connectivity index (χ1v) is 9.37. The van der Waals surface area contributed by atoms with Crippen molar-refractivity contribution in [1.82, 2.24) is 0 Å². The number of nitrogens with one attached hydrogen (secondary N) is 1. The zero-order valence-corrected chi connectivity index (χ0v) is 14.8. The van der Waals surface area contributed by atoms with Gasteiger partial charge in [-0.25, -0.2) is 8.42 Å². The number of anilines is 2. The normalized spacial score (nSPS) is 25.3. The molecule has 3 N–H and O–H groups in total. The monoisotopic (exact) mass is 375 g/mol. The van der Waals surface area contributed by atoms with Crippen molar-refractivity contribution in [2.45, 2.75) is 31.5 Å². The van der Waals surface area contributed by atoms with E-state index in [4.69, 9.17) is 10.5 Å². The van der Waals surface area contributed by atoms with E-state index in [1.54, 1.807) is 24.3 Å². The Labute approximate surface area is 148 Å². The van der Waals surface area contributed by atoms with E-state index in [1.165, 1.54) is 4.31 Å². The van der Waals surface area contributed by atoms with Gasteiger partial charge in [0.1, 0.15) is 6.10 Å². The lowest BCUT2D eigenvalue weighted by Crippen LogP contribution is -2.30. The van der Waals surface area contributed by atoms with Gasteiger partial charge in [0.05, 0.1) is 17.5 Å². The average Bonchev–Trinajstić information content (AvgIpc) is 3.13. The molecule has 2 heterocycles. The maximum Gasteiger partial charge on any atom is 0.253 e. The topological polar surface area (TPSA) is 102 Å². The van der Waals surface area contributed by atoms with Crippen molar-refractivity contribution >= 4 is 39.7 Å². The lowest BCUT2D eigenvalue weighted by molar-refractivity contribution is -0.126. The fraction of sp³-hybridized carbons (Fsp3) is 0.533. The van der Waals surface area contributed by atoms with Crippen LogP contribution in [-0.2, 0) is 19.6 Å². The predicted octanol–water partition coefficient (Wildman–Crippen LogP) is 1.09. The highest BCUT2D eigenvalue weighted by molar-refractivity contribution is 7.93. The van der Waals surface area contributed by atoms with Crippen LogP contribution in [0.4, 0.5) is 11.4 Å². The molecule has 2 atom stereocenters. The second kappa shape index (κ2) is 7.69. The van der Waals surface area contributed by atoms with E-state index in [2.05, 4.69) is 5.32 Å². The molecule has 2 saturated heterocycles. The fourth-order valence-corrected chi connectivity index (χ4v) is 4.52. The number of sulfonamides is 1. The summed E-state index contributed by atoms with van der Waals surface area (Å²) in [7, 11) is -3.23. The van der Waals surface area contributed by atoms with Gasteiger partial charge in [-0.15, -0.1) is 12.4 Å². The number of rotatable bonds is 4. The molecule has 0 radical (unpaired) electrons. The number of nitrogens with two attached hydrogens (primary N) is 1. The van der Waals surface area contributed by atoms with Gasteiger partial charge in [-0.1, -0.05) is 6.07 Å². The number of carbonyl (C=O) groups excluding carboxylic acids is 1. The van der Waals surface area contributed by atoms with Crippen molar-refractivity contribution in [2.24, 2.45) is 5.73 Å². The molecule has 9 heteroatoms. The lowest BCUT2D eigenvalue weighted by Gasteiger charge is -2.18. The number of hydrogen-bond acceptors (Lipinski definition) is 5. The maximum atomic E-state index is 12.2. The van der Waals surface area contributed by atoms with Crippen LogP contribution in [0, 0.1) is 0 Å². The SMILES string of the molecule is Cl.NC[C@H]1CC[C@@H](C(=O)Nc2cccc(N3CCCS3(=O)=O)c2)O1. The summed E-state index contributed by atoms with van der Waals surface area (Å²) < 4.78 is 30.9. The van der Waals surface area contributed by atoms with Crippen LogP contribution in [0.3, 0.4) is 0 Å². The molecule has 1 aromatic rings. The third-order valence-corrected chi connectivity index (χ3v) is 6.03. The second-order valence-corrected chi connectivity index (χ2v) is 7.85. The van der Waals surface area contributed by atoms with E-state index in [1.807, 2.05) is 0 Å². The molecule has 1 aromatic carbocycles. The van der Waals surface area contributed by atoms with Gasteiger partial charge in [-0.05, 0) is 37.5 Å². The first kappa shape index (κ1) is 19.0. The van der Waals surface area contributed by atoms with Crippen LogP contribution in [0.1, 0.15) is 19.3 Å². The Balaban J connectivity index is 0.00000208. The minimum Gasteiger partial charge on any atom is -0.364 e. The molecule has 0 unspecified atom stereocenters. The van der Waals surface area contributed by atoms with E-state index in [9.17, 15) is 13.2 Å². The Morgan fingerprint density at radius 1 is 1.38 bits per heavy atom. The molecule has 0 saturated carbocycles. The molecule has 24 heavy (non-hydrogen) atoms. The van der Waals surface area contributed by atoms with Crippen LogP contribution < -0.4 is 15.4 Å². The summed E-state index contributed by atoms with van der Waals surface area (Å²) in [5.41, 5.74) is 6.69. The summed E-state index contributed by atoms with van der Waals surface area (Å²) in [5, 5.41) is 2.79. The van der Waals surface area contributed by atoms with Gasteiger partial charge < -0.3 is 15.8 Å². The Kier molecular flexibility index (Phi) is 6.08. The van der Waals surface area contributed by atoms with E-state index in [0.717, 1.165) is 6.42 Å². The van der Waals surface area contributed by atoms with Crippen molar-refractivity contribution in [2.75, 3.05) is 28.5 Å². The molecule has 1 amide bonds. The molecular weight excluding hydrogens is 354 g/mol. The Hall–Kier alpha value is -1.35. The van der Waals surface area contributed by atoms with E-state index in [-0.39, 0.29) is 30.2 Å². The van der Waals surface area contributed by atoms with Gasteiger partial charge in [-0.2, -0.15) is 0 Å². The molecule has 0 aromatic heterocycles. The van der Waals surface area contributed by atoms with Crippen molar-refractivity contribution in [3.05, 3.63) is 24.3 Å². The van der Waals surface area contributed by atoms with Gasteiger partial charge in [0.2, 0.25) is 10.0 Å². The summed E-state index contributed by atoms with van der Waals surface area (Å²) in [6.07, 6.45) is 1.48. The standard InChI is InChI=1S/C15H21N3O4S.ClH/c16-10-13-5-6-14(22-13)15(19)17-11-3-1-4-12(9-11)18-7-2-8-23(18,20)21;/h1,3-4,9,13-14H,2,5-8,10,16H2,(H,17,19);1H/t13-,14+;/m1./s1. The lowest BCUT2D eigenvalue weighted by atomic mass is 10.2. The predicted molar refractivity (Wildman–Crippen MR) is 95.0 cm³/mol. The largest absolute Gasteiger partial charge is 0.364 e. The molecule has 134 valence electrons. The molecule has 2 fully saturated rings. The van der Waals surface area contributed by atoms with Crippen LogP contribution in [0.5, 0.6) is 0 Å². The third-order valence-electron chi connectivity index (χ3n) is 4.16. The fourth-order valence-electron chi connectivity index (χ4n) is 2.96. The van der Waals surface area contributed by atoms with Crippen molar-refractivity contribution in [3.8, 4) is 0 Å². The average molecular weight is 376 g/mol. The smallest absolute Gasteiger partial charge is 0.253 e. The summed E-state index contributed by atoms with van der Waals surface area (Å²) in [4.78, 5) is 12.2. The summed E-state index contributed by atoms with van der Waals surface area (Å²) in [5.74, 6) is -0.0534. The van der Waals surface area contributed by atoms with Crippen LogP contribution >= 0.6 is 12.4 Å². The quantitative estimate of drug-likeness (QED) is 0.820. The molecule has 2 aliphatic rings. The van der Waals surface area contributed by atoms with Crippen molar-refractivity contribution in [3.63, 3.8) is 0 Å². The number of benzene rings is 1. The Morgan fingerprint density at radius 2 is 2.17 bits per heavy atom. The number of nitrogens with zero attached hydrogens (tertiary/aromatic N) is 1. The van der Waals surface area contributed by atoms with Gasteiger partial charge in [0.25, 0.3) is 5.91 Å². The molecular formula is C15H22ClN3O4S. The van der Waals surface area contributed by atoms with Crippen LogP contribution in [0.15, 0.2) is 24.3 Å². The third kappa shape index (κ3) is 4.00. The minimum atomic E-state index is -3.23. The van der Waals surface area contributed by atoms with Gasteiger partial charge in [-0.3, -0.25) is 9.10 Å². The molecule has 7 nitrogen and oxygen atoms in total. The van der Waals surface area contributed by atoms with E-state index >= 15 is 0 Å². The first-order chi connectivity index (χ1) is 11.0. The van der Waals surface area contributed by atoms with Gasteiger partial charge >= 0.3 is 0 Å². The summed E-state index contributed by atoms with van der Waals surface area (Å²) in [6.45, 7) is 0.885. The summed E-state index contributed by atoms with van der Waals surface area (Å²) in [6, 6.07) is 6.88. The highest BCUT2D eigenvalue weighted by Crippen LogP contribution is 2.27. The molecule has 0 bridgehead atoms. The maximum absolute atomic E-state index is 12.2. The number of halogens is 1. The Morgan fingerprint density at radius 3 is 2.79 bits per heavy atom. The number of carbonyl (C=O) groups is 1. The van der Waals surface area contributed by atoms with Gasteiger partial charge in [0.15, 0.2) is 0 Å². The van der Waals surface area contributed by atoms with Crippen molar-refractivity contribution < 1.29 is 17.9 Å². The molecule has 2 aliphatic heterocycles. The number of ether oxygens (including phenoxy) is 1. The zero-order valence-electron chi connectivity index (χ0n) is 13.2. The van der Waals surface area contributed by atoms with Gasteiger partial charge in [0, 0.05) is 18.8 Å². The highest BCUT2D eigenvalue weighted by Gasteiger charge is 2.31. The number of amides is 1. The number of hydrogen-bond donors (Lipinski definition) is 2. The first-order valence-electron chi connectivity index (χ1n) is 7.76. The Bertz CT molecular complexity index is 698. The van der Waals surface area contributed by atoms with E-state index < -0.39 is 16.1 Å². The van der Waals surface area contributed by atoms with E-state index in [0.29, 0.717) is 37.3 Å².